The van der Waals surface area contributed by atoms with E-state index in [4.69, 9.17) is 0 Å². The van der Waals surface area contributed by atoms with Crippen LogP contribution in [0.1, 0.15) is 0 Å². The summed E-state index contributed by atoms with van der Waals surface area (Å²) >= 11 is 0. The van der Waals surface area contributed by atoms with Gasteiger partial charge in [-0.25, -0.2) is 0 Å². The molecule has 160 valence electrons. The summed E-state index contributed by atoms with van der Waals surface area (Å²) in [6.45, 7) is 0. The second-order valence-electron chi connectivity index (χ2n) is 1.50. The molecule has 0 spiro atoms. The predicted octanol–water partition coefficient (Wildman–Crippen LogP) is -27.1. The molecule has 0 amide bonds. The van der Waals surface area contributed by atoms with Crippen LogP contribution in [-0.2, 0) is 22.3 Å². The van der Waals surface area contributed by atoms with Gasteiger partial charge in [0.15, 0.2) is 0 Å². The second kappa shape index (κ2) is 49.2. The summed E-state index contributed by atoms with van der Waals surface area (Å²) in [5.74, 6) is 0. The van der Waals surface area contributed by atoms with Crippen molar-refractivity contribution in [3.05, 3.63) is 0 Å². The van der Waals surface area contributed by atoms with Crippen LogP contribution in [0.4, 0.5) is 0 Å². The Labute approximate surface area is 268 Å². The van der Waals surface area contributed by atoms with Crippen LogP contribution in [0.3, 0.4) is 0 Å². The van der Waals surface area contributed by atoms with E-state index in [1.54, 1.807) is 0 Å². The first-order valence-corrected chi connectivity index (χ1v) is 6.57. The van der Waals surface area contributed by atoms with Crippen molar-refractivity contribution in [3.63, 3.8) is 0 Å². The number of phosphoric acid groups is 3. The van der Waals surface area contributed by atoms with E-state index in [1.807, 2.05) is 0 Å². The maximum Gasteiger partial charge on any atom is 1.00 e. The zero-order chi connectivity index (χ0) is 10.9. The van der Waals surface area contributed by atoms with E-state index in [9.17, 15) is 38.2 Å². The number of hydrogen-bond acceptors (Lipinski definition) is 10. The Kier molecular flexibility index (Phi) is 205. The molecule has 0 heterocycles. The molecular formula is H20Na5O20P3. The van der Waals surface area contributed by atoms with Crippen molar-refractivity contribution in [1.82, 2.24) is 0 Å². The zero-order valence-corrected chi connectivity index (χ0v) is 28.1. The molecule has 0 radical (unpaired) electrons. The van der Waals surface area contributed by atoms with Gasteiger partial charge >= 0.3 is 148 Å². The number of rotatable bonds is 4. The molecule has 28 heavy (non-hydrogen) atoms. The smallest absolute Gasteiger partial charge is 0.790 e. The van der Waals surface area contributed by atoms with Crippen LogP contribution in [0.5, 0.6) is 0 Å². The molecule has 0 aliphatic heterocycles. The molecule has 0 aromatic rings. The van der Waals surface area contributed by atoms with Gasteiger partial charge in [-0.15, -0.1) is 0 Å². The van der Waals surface area contributed by atoms with Crippen molar-refractivity contribution < 1.29 is 249 Å². The van der Waals surface area contributed by atoms with Crippen LogP contribution in [0.25, 0.3) is 0 Å². The van der Waals surface area contributed by atoms with Crippen LogP contribution < -0.4 is 172 Å². The van der Waals surface area contributed by atoms with Gasteiger partial charge in [-0.2, -0.15) is 0 Å². The Bertz CT molecular complexity index is 294. The molecule has 0 atom stereocenters. The standard InChI is InChI=1S/5Na.H5O10P3.10H2O/c;;;;;1-11(2,3)9-13(7,8)10-12(4,5)6;;;;;;;;;;/h;;;;;(H,7,8)(H2,1,2,3)(H2,4,5,6);10*1H2/q5*+1;;;;;;;;;;;/p-5. The normalized spacial score (nSPS) is 6.75. The van der Waals surface area contributed by atoms with Gasteiger partial charge in [0.05, 0.1) is 15.6 Å². The van der Waals surface area contributed by atoms with Crippen molar-refractivity contribution in [2.24, 2.45) is 0 Å². The van der Waals surface area contributed by atoms with E-state index >= 15 is 0 Å². The van der Waals surface area contributed by atoms with Gasteiger partial charge < -0.3 is 88.4 Å². The van der Waals surface area contributed by atoms with E-state index in [0.717, 1.165) is 0 Å². The molecule has 20 N–H and O–H groups in total. The van der Waals surface area contributed by atoms with Gasteiger partial charge in [0.25, 0.3) is 7.82 Å². The summed E-state index contributed by atoms with van der Waals surface area (Å²) in [4.78, 5) is 48.6. The largest absolute Gasteiger partial charge is 1.00 e. The van der Waals surface area contributed by atoms with Gasteiger partial charge in [0.2, 0.25) is 0 Å². The van der Waals surface area contributed by atoms with Gasteiger partial charge in [-0.3, -0.25) is 13.2 Å². The molecule has 0 rings (SSSR count). The Morgan fingerprint density at radius 2 is 0.500 bits per heavy atom. The first-order valence-electron chi connectivity index (χ1n) is 2.19. The Hall–Kier alpha value is 5.01. The van der Waals surface area contributed by atoms with E-state index in [1.165, 1.54) is 0 Å². The molecule has 0 aliphatic rings. The summed E-state index contributed by atoms with van der Waals surface area (Å²) < 4.78 is 34.7. The fourth-order valence-corrected chi connectivity index (χ4v) is 2.61. The molecule has 28 heteroatoms. The third kappa shape index (κ3) is 96.5. The molecule has 0 saturated carbocycles. The van der Waals surface area contributed by atoms with E-state index in [0.29, 0.717) is 0 Å². The van der Waals surface area contributed by atoms with Crippen molar-refractivity contribution >= 4 is 23.5 Å². The fourth-order valence-electron chi connectivity index (χ4n) is 0.260. The predicted molar refractivity (Wildman–Crippen MR) is 61.1 cm³/mol. The van der Waals surface area contributed by atoms with Crippen molar-refractivity contribution in [2.75, 3.05) is 0 Å². The van der Waals surface area contributed by atoms with Gasteiger partial charge in [0.1, 0.15) is 0 Å². The maximum absolute atomic E-state index is 10.1. The van der Waals surface area contributed by atoms with Gasteiger partial charge in [-0.05, 0) is 0 Å². The van der Waals surface area contributed by atoms with Crippen molar-refractivity contribution in [3.8, 4) is 0 Å². The first-order chi connectivity index (χ1) is 5.41. The molecule has 0 bridgehead atoms. The van der Waals surface area contributed by atoms with Crippen LogP contribution in [0, 0.1) is 0 Å². The Balaban J connectivity index is -0.00000000686. The van der Waals surface area contributed by atoms with E-state index in [2.05, 4.69) is 8.62 Å². The minimum Gasteiger partial charge on any atom is -0.790 e. The third-order valence-corrected chi connectivity index (χ3v) is 3.60. The monoisotopic (exact) mass is 548 g/mol. The third-order valence-electron chi connectivity index (χ3n) is 0.400. The SMILES string of the molecule is O.O.O.O.O.O.O.O.O.O.O=P([O-])([O-])OP(=O)([O-])OP(=O)([O-])[O-].[Na+].[Na+].[Na+].[Na+].[Na+]. The van der Waals surface area contributed by atoms with Crippen LogP contribution >= 0.6 is 23.5 Å². The Morgan fingerprint density at radius 1 is 0.393 bits per heavy atom. The average molecular weight is 548 g/mol. The molecule has 0 fully saturated rings. The quantitative estimate of drug-likeness (QED) is 0.236. The first kappa shape index (κ1) is 117. The molecule has 0 aliphatic carbocycles. The van der Waals surface area contributed by atoms with Crippen LogP contribution in [0.15, 0.2) is 0 Å². The topological polar surface area (TPSA) is 500 Å². The van der Waals surface area contributed by atoms with Crippen molar-refractivity contribution in [2.45, 2.75) is 0 Å². The van der Waals surface area contributed by atoms with Crippen LogP contribution in [-0.4, -0.2) is 54.8 Å². The van der Waals surface area contributed by atoms with E-state index < -0.39 is 23.5 Å². The molecule has 0 unspecified atom stereocenters. The van der Waals surface area contributed by atoms with Crippen molar-refractivity contribution in [1.29, 1.82) is 0 Å². The van der Waals surface area contributed by atoms with Gasteiger partial charge in [-0.1, -0.05) is 0 Å². The molecule has 0 saturated heterocycles. The summed E-state index contributed by atoms with van der Waals surface area (Å²) in [5, 5.41) is 0. The number of hydrogen-bond donors (Lipinski definition) is 0. The maximum atomic E-state index is 10.1. The zero-order valence-electron chi connectivity index (χ0n) is 15.4. The van der Waals surface area contributed by atoms with Gasteiger partial charge in [0, 0.05) is 0 Å². The van der Waals surface area contributed by atoms with E-state index in [-0.39, 0.29) is 203 Å². The van der Waals surface area contributed by atoms with Crippen LogP contribution in [0.2, 0.25) is 0 Å². The molecular weight excluding hydrogens is 528 g/mol. The summed E-state index contributed by atoms with van der Waals surface area (Å²) in [7, 11) is -17.9. The fraction of sp³-hybridized carbons (Fsp3) is 0. The summed E-state index contributed by atoms with van der Waals surface area (Å²) in [6.07, 6.45) is 0. The minimum absolute atomic E-state index is 0. The molecule has 20 nitrogen and oxygen atoms in total. The summed E-state index contributed by atoms with van der Waals surface area (Å²) in [5.41, 5.74) is 0. The average Bonchev–Trinajstić information content (AvgIpc) is 1.43. The minimum atomic E-state index is -5.97. The molecule has 0 aromatic carbocycles. The summed E-state index contributed by atoms with van der Waals surface area (Å²) in [6, 6.07) is 0. The molecule has 0 aromatic heterocycles. The second-order valence-corrected chi connectivity index (χ2v) is 5.49. The Morgan fingerprint density at radius 3 is 0.571 bits per heavy atom.